The highest BCUT2D eigenvalue weighted by Gasteiger charge is 2.03. The minimum atomic E-state index is 0.555. The summed E-state index contributed by atoms with van der Waals surface area (Å²) < 4.78 is 0. The summed E-state index contributed by atoms with van der Waals surface area (Å²) in [5.41, 5.74) is 2.35. The van der Waals surface area contributed by atoms with Gasteiger partial charge in [0, 0.05) is 23.3 Å². The Morgan fingerprint density at radius 2 is 1.79 bits per heavy atom. The number of fused-ring (bicyclic) bond motifs is 1. The van der Waals surface area contributed by atoms with Gasteiger partial charge in [-0.05, 0) is 24.3 Å². The zero-order valence-corrected chi connectivity index (χ0v) is 11.3. The minimum Gasteiger partial charge on any atom is -0.346 e. The van der Waals surface area contributed by atoms with Crippen LogP contribution in [0.4, 0.5) is 0 Å². The van der Waals surface area contributed by atoms with Gasteiger partial charge in [0.2, 0.25) is 0 Å². The van der Waals surface area contributed by atoms with Crippen molar-refractivity contribution in [1.29, 1.82) is 0 Å². The molecule has 0 spiro atoms. The fourth-order valence-corrected chi connectivity index (χ4v) is 2.31. The normalized spacial score (nSPS) is 10.2. The summed E-state index contributed by atoms with van der Waals surface area (Å²) >= 11 is 12.2. The van der Waals surface area contributed by atoms with E-state index in [1.165, 1.54) is 0 Å². The van der Waals surface area contributed by atoms with E-state index in [0.717, 1.165) is 16.6 Å². The first kappa shape index (κ1) is 12.1. The summed E-state index contributed by atoms with van der Waals surface area (Å²) in [6.45, 7) is 0. The monoisotopic (exact) mass is 286 g/mol. The Morgan fingerprint density at radius 3 is 2.58 bits per heavy atom. The standard InChI is InChI=1S/C15H8Cl2N2/c16-13-2-1-3-14(17)12(13)5-4-10-6-8-18-15-11(10)7-9-19-15/h1-3,6-9H,(H,18,19). The lowest BCUT2D eigenvalue weighted by atomic mass is 10.1. The van der Waals surface area contributed by atoms with Crippen LogP contribution in [-0.4, -0.2) is 9.97 Å². The molecule has 2 nitrogen and oxygen atoms in total. The van der Waals surface area contributed by atoms with Crippen LogP contribution in [0.15, 0.2) is 42.7 Å². The van der Waals surface area contributed by atoms with E-state index < -0.39 is 0 Å². The molecule has 1 N–H and O–H groups in total. The minimum absolute atomic E-state index is 0.555. The van der Waals surface area contributed by atoms with Crippen LogP contribution >= 0.6 is 23.2 Å². The van der Waals surface area contributed by atoms with Crippen LogP contribution in [-0.2, 0) is 0 Å². The van der Waals surface area contributed by atoms with Crippen molar-refractivity contribution in [3.8, 4) is 11.8 Å². The zero-order chi connectivity index (χ0) is 13.2. The molecule has 3 aromatic rings. The quantitative estimate of drug-likeness (QED) is 0.614. The fourth-order valence-electron chi connectivity index (χ4n) is 1.82. The molecule has 0 aliphatic heterocycles. The van der Waals surface area contributed by atoms with Crippen molar-refractivity contribution in [2.45, 2.75) is 0 Å². The molecule has 0 radical (unpaired) electrons. The summed E-state index contributed by atoms with van der Waals surface area (Å²) in [5, 5.41) is 2.09. The smallest absolute Gasteiger partial charge is 0.138 e. The van der Waals surface area contributed by atoms with Crippen LogP contribution < -0.4 is 0 Å². The van der Waals surface area contributed by atoms with Crippen molar-refractivity contribution in [2.24, 2.45) is 0 Å². The lowest BCUT2D eigenvalue weighted by Crippen LogP contribution is -1.82. The molecule has 0 aliphatic rings. The number of benzene rings is 1. The largest absolute Gasteiger partial charge is 0.346 e. The number of hydrogen-bond acceptors (Lipinski definition) is 1. The van der Waals surface area contributed by atoms with E-state index in [9.17, 15) is 0 Å². The predicted octanol–water partition coefficient (Wildman–Crippen LogP) is 4.27. The molecule has 4 heteroatoms. The van der Waals surface area contributed by atoms with Gasteiger partial charge in [-0.3, -0.25) is 0 Å². The Balaban J connectivity index is 2.12. The Kier molecular flexibility index (Phi) is 3.16. The average molecular weight is 287 g/mol. The molecule has 2 aromatic heterocycles. The van der Waals surface area contributed by atoms with Crippen molar-refractivity contribution in [3.05, 3.63) is 63.9 Å². The SMILES string of the molecule is Clc1cccc(Cl)c1C#Cc1ccnc2[nH]ccc12. The maximum absolute atomic E-state index is 6.09. The van der Waals surface area contributed by atoms with Gasteiger partial charge in [-0.25, -0.2) is 4.98 Å². The third-order valence-corrected chi connectivity index (χ3v) is 3.38. The molecule has 0 saturated carbocycles. The lowest BCUT2D eigenvalue weighted by molar-refractivity contribution is 1.32. The first-order chi connectivity index (χ1) is 9.25. The van der Waals surface area contributed by atoms with Gasteiger partial charge in [-0.2, -0.15) is 0 Å². The molecule has 0 atom stereocenters. The highest BCUT2D eigenvalue weighted by Crippen LogP contribution is 2.23. The van der Waals surface area contributed by atoms with Crippen LogP contribution in [0.2, 0.25) is 10.0 Å². The average Bonchev–Trinajstić information content (AvgIpc) is 2.87. The topological polar surface area (TPSA) is 28.7 Å². The molecule has 0 amide bonds. The molecule has 92 valence electrons. The number of aromatic nitrogens is 2. The number of nitrogens with zero attached hydrogens (tertiary/aromatic N) is 1. The number of aromatic amines is 1. The van der Waals surface area contributed by atoms with E-state index in [1.54, 1.807) is 24.4 Å². The second-order valence-electron chi connectivity index (χ2n) is 3.95. The highest BCUT2D eigenvalue weighted by molar-refractivity contribution is 6.36. The maximum atomic E-state index is 6.09. The van der Waals surface area contributed by atoms with E-state index in [4.69, 9.17) is 23.2 Å². The molecule has 0 bridgehead atoms. The number of H-pyrrole nitrogens is 1. The molecule has 3 rings (SSSR count). The van der Waals surface area contributed by atoms with Crippen molar-refractivity contribution in [1.82, 2.24) is 9.97 Å². The van der Waals surface area contributed by atoms with E-state index in [-0.39, 0.29) is 0 Å². The summed E-state index contributed by atoms with van der Waals surface area (Å²) in [5.74, 6) is 6.12. The molecule has 0 aliphatic carbocycles. The van der Waals surface area contributed by atoms with Crippen LogP contribution in [0.3, 0.4) is 0 Å². The Labute approximate surface area is 120 Å². The van der Waals surface area contributed by atoms with Gasteiger partial charge in [0.15, 0.2) is 0 Å². The second kappa shape index (κ2) is 4.97. The molecular weight excluding hydrogens is 279 g/mol. The third kappa shape index (κ3) is 2.31. The highest BCUT2D eigenvalue weighted by atomic mass is 35.5. The van der Waals surface area contributed by atoms with Crippen molar-refractivity contribution >= 4 is 34.2 Å². The van der Waals surface area contributed by atoms with Crippen molar-refractivity contribution in [2.75, 3.05) is 0 Å². The number of nitrogens with one attached hydrogen (secondary N) is 1. The van der Waals surface area contributed by atoms with E-state index in [1.807, 2.05) is 18.3 Å². The Hall–Kier alpha value is -1.95. The molecule has 0 saturated heterocycles. The molecular formula is C15H8Cl2N2. The van der Waals surface area contributed by atoms with Crippen LogP contribution in [0, 0.1) is 11.8 Å². The first-order valence-corrected chi connectivity index (χ1v) is 6.39. The lowest BCUT2D eigenvalue weighted by Gasteiger charge is -1.98. The molecule has 2 heterocycles. The van der Waals surface area contributed by atoms with Crippen LogP contribution in [0.1, 0.15) is 11.1 Å². The van der Waals surface area contributed by atoms with Gasteiger partial charge < -0.3 is 4.98 Å². The molecule has 1 aromatic carbocycles. The Morgan fingerprint density at radius 1 is 1.00 bits per heavy atom. The van der Waals surface area contributed by atoms with Crippen LogP contribution in [0.5, 0.6) is 0 Å². The van der Waals surface area contributed by atoms with Gasteiger partial charge in [0.25, 0.3) is 0 Å². The summed E-state index contributed by atoms with van der Waals surface area (Å²) in [7, 11) is 0. The van der Waals surface area contributed by atoms with Crippen molar-refractivity contribution in [3.63, 3.8) is 0 Å². The molecule has 0 unspecified atom stereocenters. The van der Waals surface area contributed by atoms with Gasteiger partial charge >= 0.3 is 0 Å². The van der Waals surface area contributed by atoms with Gasteiger partial charge in [0.1, 0.15) is 5.65 Å². The summed E-state index contributed by atoms with van der Waals surface area (Å²) in [4.78, 5) is 7.27. The number of halogens is 2. The van der Waals surface area contributed by atoms with Crippen molar-refractivity contribution < 1.29 is 0 Å². The zero-order valence-electron chi connectivity index (χ0n) is 9.74. The summed E-state index contributed by atoms with van der Waals surface area (Å²) in [6, 6.07) is 9.16. The molecule has 19 heavy (non-hydrogen) atoms. The van der Waals surface area contributed by atoms with E-state index in [0.29, 0.717) is 15.6 Å². The third-order valence-electron chi connectivity index (χ3n) is 2.75. The van der Waals surface area contributed by atoms with Gasteiger partial charge in [0.05, 0.1) is 15.6 Å². The molecule has 0 fully saturated rings. The summed E-state index contributed by atoms with van der Waals surface area (Å²) in [6.07, 6.45) is 3.56. The first-order valence-electron chi connectivity index (χ1n) is 5.64. The number of pyridine rings is 1. The van der Waals surface area contributed by atoms with Crippen LogP contribution in [0.25, 0.3) is 11.0 Å². The van der Waals surface area contributed by atoms with Gasteiger partial charge in [-0.1, -0.05) is 41.1 Å². The number of hydrogen-bond donors (Lipinski definition) is 1. The predicted molar refractivity (Wildman–Crippen MR) is 78.5 cm³/mol. The van der Waals surface area contributed by atoms with E-state index >= 15 is 0 Å². The maximum Gasteiger partial charge on any atom is 0.138 e. The van der Waals surface area contributed by atoms with E-state index in [2.05, 4.69) is 21.8 Å². The second-order valence-corrected chi connectivity index (χ2v) is 4.76. The van der Waals surface area contributed by atoms with Gasteiger partial charge in [-0.15, -0.1) is 0 Å². The fraction of sp³-hybridized carbons (Fsp3) is 0. The number of rotatable bonds is 0. The Bertz CT molecular complexity index is 789.